The lowest BCUT2D eigenvalue weighted by atomic mass is 10.2. The highest BCUT2D eigenvalue weighted by Crippen LogP contribution is 2.16. The van der Waals surface area contributed by atoms with Crippen molar-refractivity contribution in [1.82, 2.24) is 10.6 Å². The minimum atomic E-state index is -0.222. The largest absolute Gasteiger partial charge is 0.355 e. The summed E-state index contributed by atoms with van der Waals surface area (Å²) in [6.07, 6.45) is 0. The average Bonchev–Trinajstić information content (AvgIpc) is 2.72. The Bertz CT molecular complexity index is 323. The number of nitrogens with one attached hydrogen (secondary N) is 2. The van der Waals surface area contributed by atoms with Gasteiger partial charge in [0.15, 0.2) is 5.96 Å². The maximum absolute atomic E-state index is 6.15. The summed E-state index contributed by atoms with van der Waals surface area (Å²) in [5.74, 6) is 0.786. The molecular weight excluding hydrogens is 198 g/mol. The van der Waals surface area contributed by atoms with Crippen LogP contribution in [0.25, 0.3) is 0 Å². The lowest BCUT2D eigenvalue weighted by molar-refractivity contribution is 0.837. The van der Waals surface area contributed by atoms with Crippen LogP contribution in [-0.4, -0.2) is 19.0 Å². The van der Waals surface area contributed by atoms with E-state index in [1.807, 2.05) is 30.3 Å². The molecule has 2 rings (SSSR count). The van der Waals surface area contributed by atoms with E-state index in [0.29, 0.717) is 0 Å². The van der Waals surface area contributed by atoms with Gasteiger partial charge in [0.2, 0.25) is 0 Å². The first kappa shape index (κ1) is 9.34. The second-order valence-corrected chi connectivity index (χ2v) is 3.51. The molecule has 1 heterocycles. The van der Waals surface area contributed by atoms with Gasteiger partial charge in [-0.1, -0.05) is 41.9 Å². The molecule has 0 amide bonds. The Hall–Kier alpha value is -1.22. The summed E-state index contributed by atoms with van der Waals surface area (Å²) in [4.78, 5) is 4.21. The number of rotatable bonds is 2. The van der Waals surface area contributed by atoms with Crippen LogP contribution in [0.2, 0.25) is 0 Å². The van der Waals surface area contributed by atoms with Crippen LogP contribution in [0.15, 0.2) is 35.3 Å². The number of hydrogen-bond acceptors (Lipinski definition) is 3. The molecule has 0 saturated heterocycles. The molecule has 74 valence electrons. The van der Waals surface area contributed by atoms with Gasteiger partial charge in [-0.15, -0.1) is 0 Å². The van der Waals surface area contributed by atoms with Crippen molar-refractivity contribution in [3.63, 3.8) is 0 Å². The zero-order valence-corrected chi connectivity index (χ0v) is 8.46. The SMILES string of the molecule is ClC(NC1=NCCN1)c1ccccc1. The molecule has 0 aliphatic carbocycles. The number of guanidine groups is 1. The van der Waals surface area contributed by atoms with Gasteiger partial charge >= 0.3 is 0 Å². The zero-order chi connectivity index (χ0) is 9.80. The van der Waals surface area contributed by atoms with Crippen LogP contribution < -0.4 is 10.6 Å². The van der Waals surface area contributed by atoms with E-state index in [1.54, 1.807) is 0 Å². The lowest BCUT2D eigenvalue weighted by Gasteiger charge is -2.13. The Morgan fingerprint density at radius 1 is 1.36 bits per heavy atom. The van der Waals surface area contributed by atoms with E-state index < -0.39 is 0 Å². The maximum atomic E-state index is 6.15. The molecule has 1 aliphatic heterocycles. The van der Waals surface area contributed by atoms with E-state index in [4.69, 9.17) is 11.6 Å². The van der Waals surface area contributed by atoms with Crippen LogP contribution >= 0.6 is 11.6 Å². The van der Waals surface area contributed by atoms with Crippen molar-refractivity contribution in [2.45, 2.75) is 5.50 Å². The smallest absolute Gasteiger partial charge is 0.192 e. The Balaban J connectivity index is 1.99. The van der Waals surface area contributed by atoms with Crippen molar-refractivity contribution in [3.05, 3.63) is 35.9 Å². The Morgan fingerprint density at radius 2 is 2.14 bits per heavy atom. The molecular formula is C10H12ClN3. The third-order valence-electron chi connectivity index (χ3n) is 2.03. The quantitative estimate of drug-likeness (QED) is 0.572. The number of benzene rings is 1. The average molecular weight is 210 g/mol. The maximum Gasteiger partial charge on any atom is 0.192 e. The molecule has 4 heteroatoms. The molecule has 0 radical (unpaired) electrons. The van der Waals surface area contributed by atoms with Gasteiger partial charge in [0.05, 0.1) is 6.54 Å². The number of alkyl halides is 1. The number of nitrogens with zero attached hydrogens (tertiary/aromatic N) is 1. The van der Waals surface area contributed by atoms with Crippen molar-refractivity contribution in [2.24, 2.45) is 4.99 Å². The topological polar surface area (TPSA) is 36.4 Å². The number of halogens is 1. The molecule has 2 N–H and O–H groups in total. The third kappa shape index (κ3) is 2.17. The predicted octanol–water partition coefficient (Wildman–Crippen LogP) is 1.47. The second-order valence-electron chi connectivity index (χ2n) is 3.07. The lowest BCUT2D eigenvalue weighted by Crippen LogP contribution is -2.34. The summed E-state index contributed by atoms with van der Waals surface area (Å²) < 4.78 is 0. The summed E-state index contributed by atoms with van der Waals surface area (Å²) >= 11 is 6.15. The van der Waals surface area contributed by atoms with E-state index in [2.05, 4.69) is 15.6 Å². The first-order valence-electron chi connectivity index (χ1n) is 4.60. The first-order valence-corrected chi connectivity index (χ1v) is 5.04. The van der Waals surface area contributed by atoms with E-state index >= 15 is 0 Å². The summed E-state index contributed by atoms with van der Waals surface area (Å²) in [7, 11) is 0. The molecule has 0 fully saturated rings. The Morgan fingerprint density at radius 3 is 2.79 bits per heavy atom. The normalized spacial score (nSPS) is 17.1. The fourth-order valence-corrected chi connectivity index (χ4v) is 1.57. The first-order chi connectivity index (χ1) is 6.86. The zero-order valence-electron chi connectivity index (χ0n) is 7.70. The van der Waals surface area contributed by atoms with Crippen LogP contribution in [0, 0.1) is 0 Å². The van der Waals surface area contributed by atoms with Gasteiger partial charge in [-0.05, 0) is 5.56 Å². The van der Waals surface area contributed by atoms with Gasteiger partial charge in [0.1, 0.15) is 5.50 Å². The minimum absolute atomic E-state index is 0.222. The molecule has 0 bridgehead atoms. The summed E-state index contributed by atoms with van der Waals surface area (Å²) in [5.41, 5.74) is 0.825. The molecule has 1 aromatic carbocycles. The number of hydrogen-bond donors (Lipinski definition) is 2. The molecule has 0 aromatic heterocycles. The van der Waals surface area contributed by atoms with Crippen LogP contribution in [-0.2, 0) is 0 Å². The fourth-order valence-electron chi connectivity index (χ4n) is 1.32. The van der Waals surface area contributed by atoms with E-state index in [-0.39, 0.29) is 5.50 Å². The third-order valence-corrected chi connectivity index (χ3v) is 2.39. The Kier molecular flexibility index (Phi) is 2.89. The highest BCUT2D eigenvalue weighted by atomic mass is 35.5. The molecule has 0 saturated carbocycles. The van der Waals surface area contributed by atoms with Gasteiger partial charge in [-0.3, -0.25) is 4.99 Å². The van der Waals surface area contributed by atoms with Crippen molar-refractivity contribution >= 4 is 17.6 Å². The molecule has 0 spiro atoms. The molecule has 1 aliphatic rings. The highest BCUT2D eigenvalue weighted by molar-refractivity contribution is 6.21. The highest BCUT2D eigenvalue weighted by Gasteiger charge is 2.11. The van der Waals surface area contributed by atoms with Crippen molar-refractivity contribution < 1.29 is 0 Å². The number of aliphatic imine (C=N–C) groups is 1. The van der Waals surface area contributed by atoms with Gasteiger partial charge < -0.3 is 10.6 Å². The van der Waals surface area contributed by atoms with Crippen molar-refractivity contribution in [3.8, 4) is 0 Å². The fraction of sp³-hybridized carbons (Fsp3) is 0.300. The predicted molar refractivity (Wildman–Crippen MR) is 58.5 cm³/mol. The van der Waals surface area contributed by atoms with Gasteiger partial charge in [0.25, 0.3) is 0 Å². The van der Waals surface area contributed by atoms with Crippen LogP contribution in [0.1, 0.15) is 11.1 Å². The van der Waals surface area contributed by atoms with Crippen molar-refractivity contribution in [2.75, 3.05) is 13.1 Å². The van der Waals surface area contributed by atoms with Crippen molar-refractivity contribution in [1.29, 1.82) is 0 Å². The van der Waals surface area contributed by atoms with E-state index in [0.717, 1.165) is 24.6 Å². The summed E-state index contributed by atoms with van der Waals surface area (Å²) in [6, 6.07) is 9.88. The summed E-state index contributed by atoms with van der Waals surface area (Å²) in [6.45, 7) is 1.71. The van der Waals surface area contributed by atoms with E-state index in [9.17, 15) is 0 Å². The molecule has 1 atom stereocenters. The Labute approximate surface area is 88.2 Å². The van der Waals surface area contributed by atoms with Gasteiger partial charge in [0, 0.05) is 6.54 Å². The molecule has 14 heavy (non-hydrogen) atoms. The monoisotopic (exact) mass is 209 g/mol. The molecule has 1 unspecified atom stereocenters. The van der Waals surface area contributed by atoms with Crippen LogP contribution in [0.4, 0.5) is 0 Å². The summed E-state index contributed by atoms with van der Waals surface area (Å²) in [5, 5.41) is 6.21. The minimum Gasteiger partial charge on any atom is -0.355 e. The second kappa shape index (κ2) is 4.33. The standard InChI is InChI=1S/C10H12ClN3/c11-9(8-4-2-1-3-5-8)14-10-12-6-7-13-10/h1-5,9H,6-7H2,(H2,12,13,14). The van der Waals surface area contributed by atoms with Gasteiger partial charge in [-0.2, -0.15) is 0 Å². The van der Waals surface area contributed by atoms with Gasteiger partial charge in [-0.25, -0.2) is 0 Å². The molecule has 3 nitrogen and oxygen atoms in total. The van der Waals surface area contributed by atoms with E-state index in [1.165, 1.54) is 0 Å². The molecule has 1 aromatic rings. The van der Waals surface area contributed by atoms with Crippen LogP contribution in [0.3, 0.4) is 0 Å². The van der Waals surface area contributed by atoms with Crippen LogP contribution in [0.5, 0.6) is 0 Å².